The maximum absolute atomic E-state index is 12.2. The highest BCUT2D eigenvalue weighted by molar-refractivity contribution is 6.42. The number of barbiturate groups is 1. The molecule has 0 N–H and O–H groups in total. The van der Waals surface area contributed by atoms with Gasteiger partial charge in [0.1, 0.15) is 5.92 Å². The van der Waals surface area contributed by atoms with Crippen LogP contribution in [0.3, 0.4) is 0 Å². The summed E-state index contributed by atoms with van der Waals surface area (Å²) in [6.07, 6.45) is -0.336. The monoisotopic (exact) mass is 342 g/mol. The van der Waals surface area contributed by atoms with Crippen LogP contribution in [-0.4, -0.2) is 47.5 Å². The second-order valence-corrected chi connectivity index (χ2v) is 5.70. The molecule has 0 unspecified atom stereocenters. The van der Waals surface area contributed by atoms with Crippen LogP contribution in [0, 0.1) is 5.92 Å². The lowest BCUT2D eigenvalue weighted by Gasteiger charge is -2.32. The van der Waals surface area contributed by atoms with Crippen molar-refractivity contribution in [2.45, 2.75) is 6.42 Å². The first kappa shape index (κ1) is 16.5. The third kappa shape index (κ3) is 2.84. The number of carbonyl (C=O) groups is 4. The lowest BCUT2D eigenvalue weighted by molar-refractivity contribution is -0.147. The number of Topliss-reactive ketones (excluding diaryl/α,β-unsaturated/α-hetero) is 1. The van der Waals surface area contributed by atoms with Gasteiger partial charge in [0, 0.05) is 26.1 Å². The summed E-state index contributed by atoms with van der Waals surface area (Å²) >= 11 is 11.6. The first-order chi connectivity index (χ1) is 10.2. The Morgan fingerprint density at radius 1 is 1.05 bits per heavy atom. The standard InChI is InChI=1S/C14H12Cl2N2O4/c1-17-12(20)8(13(21)18(2)14(17)22)6-11(19)7-3-4-9(15)10(16)5-7/h3-5,8H,6H2,1-2H3. The smallest absolute Gasteiger partial charge is 0.294 e. The van der Waals surface area contributed by atoms with Gasteiger partial charge in [-0.05, 0) is 18.2 Å². The van der Waals surface area contributed by atoms with E-state index < -0.39 is 29.5 Å². The van der Waals surface area contributed by atoms with E-state index in [9.17, 15) is 19.2 Å². The van der Waals surface area contributed by atoms with Gasteiger partial charge in [-0.3, -0.25) is 24.2 Å². The number of amides is 4. The summed E-state index contributed by atoms with van der Waals surface area (Å²) in [6.45, 7) is 0. The molecule has 1 saturated heterocycles. The normalized spacial score (nSPS) is 16.5. The fourth-order valence-electron chi connectivity index (χ4n) is 2.13. The summed E-state index contributed by atoms with van der Waals surface area (Å²) in [5, 5.41) is 0.506. The summed E-state index contributed by atoms with van der Waals surface area (Å²) in [7, 11) is 2.54. The molecule has 1 fully saturated rings. The Kier molecular flexibility index (Phi) is 4.53. The zero-order valence-corrected chi connectivity index (χ0v) is 13.3. The van der Waals surface area contributed by atoms with Crippen LogP contribution >= 0.6 is 23.2 Å². The van der Waals surface area contributed by atoms with E-state index >= 15 is 0 Å². The van der Waals surface area contributed by atoms with Gasteiger partial charge in [0.2, 0.25) is 11.8 Å². The van der Waals surface area contributed by atoms with Crippen molar-refractivity contribution in [1.82, 2.24) is 9.80 Å². The molecule has 1 heterocycles. The van der Waals surface area contributed by atoms with Crippen LogP contribution in [0.4, 0.5) is 4.79 Å². The van der Waals surface area contributed by atoms with Crippen molar-refractivity contribution in [3.05, 3.63) is 33.8 Å². The highest BCUT2D eigenvalue weighted by atomic mass is 35.5. The average molecular weight is 343 g/mol. The lowest BCUT2D eigenvalue weighted by Crippen LogP contribution is -2.57. The molecule has 116 valence electrons. The van der Waals surface area contributed by atoms with E-state index in [4.69, 9.17) is 23.2 Å². The average Bonchev–Trinajstić information content (AvgIpc) is 2.50. The quantitative estimate of drug-likeness (QED) is 0.623. The van der Waals surface area contributed by atoms with Gasteiger partial charge in [-0.2, -0.15) is 0 Å². The molecule has 0 spiro atoms. The number of imide groups is 2. The molecule has 1 aromatic carbocycles. The van der Waals surface area contributed by atoms with Crippen LogP contribution in [0.25, 0.3) is 0 Å². The van der Waals surface area contributed by atoms with E-state index in [1.54, 1.807) is 0 Å². The van der Waals surface area contributed by atoms with Crippen molar-refractivity contribution in [1.29, 1.82) is 0 Å². The molecule has 4 amide bonds. The lowest BCUT2D eigenvalue weighted by atomic mass is 9.94. The molecule has 2 rings (SSSR count). The predicted octanol–water partition coefficient (Wildman–Crippen LogP) is 2.23. The number of nitrogens with zero attached hydrogens (tertiary/aromatic N) is 2. The Hall–Kier alpha value is -1.92. The number of benzene rings is 1. The molecular formula is C14H12Cl2N2O4. The summed E-state index contributed by atoms with van der Waals surface area (Å²) in [6, 6.07) is 3.59. The van der Waals surface area contributed by atoms with Gasteiger partial charge in [0.05, 0.1) is 10.0 Å². The number of carbonyl (C=O) groups excluding carboxylic acids is 4. The topological polar surface area (TPSA) is 74.8 Å². The number of ketones is 1. The van der Waals surface area contributed by atoms with Crippen LogP contribution in [0.2, 0.25) is 10.0 Å². The minimum absolute atomic E-state index is 0.207. The van der Waals surface area contributed by atoms with Crippen LogP contribution in [0.15, 0.2) is 18.2 Å². The zero-order valence-electron chi connectivity index (χ0n) is 11.8. The minimum atomic E-state index is -1.21. The molecular weight excluding hydrogens is 331 g/mol. The van der Waals surface area contributed by atoms with Crippen molar-refractivity contribution in [2.24, 2.45) is 5.92 Å². The van der Waals surface area contributed by atoms with Crippen molar-refractivity contribution in [3.8, 4) is 0 Å². The van der Waals surface area contributed by atoms with E-state index in [0.29, 0.717) is 5.02 Å². The molecule has 1 aromatic rings. The molecule has 0 radical (unpaired) electrons. The number of halogens is 2. The maximum Gasteiger partial charge on any atom is 0.332 e. The molecule has 0 aromatic heterocycles. The van der Waals surface area contributed by atoms with Gasteiger partial charge >= 0.3 is 6.03 Å². The third-order valence-electron chi connectivity index (χ3n) is 3.46. The molecule has 0 saturated carbocycles. The molecule has 0 bridgehead atoms. The van der Waals surface area contributed by atoms with Gasteiger partial charge < -0.3 is 0 Å². The highest BCUT2D eigenvalue weighted by Crippen LogP contribution is 2.25. The van der Waals surface area contributed by atoms with E-state index in [1.165, 1.54) is 32.3 Å². The Bertz CT molecular complexity index is 665. The molecule has 0 aliphatic carbocycles. The summed E-state index contributed by atoms with van der Waals surface area (Å²) in [5.74, 6) is -3.03. The Labute approximate surface area is 136 Å². The molecule has 8 heteroatoms. The zero-order chi connectivity index (χ0) is 16.6. The Balaban J connectivity index is 2.23. The summed E-state index contributed by atoms with van der Waals surface area (Å²) in [4.78, 5) is 49.6. The molecule has 6 nitrogen and oxygen atoms in total. The first-order valence-electron chi connectivity index (χ1n) is 6.31. The molecule has 22 heavy (non-hydrogen) atoms. The van der Waals surface area contributed by atoms with Gasteiger partial charge in [-0.15, -0.1) is 0 Å². The van der Waals surface area contributed by atoms with E-state index in [2.05, 4.69) is 0 Å². The van der Waals surface area contributed by atoms with Gasteiger partial charge in [-0.1, -0.05) is 23.2 Å². The molecule has 1 aliphatic heterocycles. The first-order valence-corrected chi connectivity index (χ1v) is 7.07. The fourth-order valence-corrected chi connectivity index (χ4v) is 2.43. The number of rotatable bonds is 3. The van der Waals surface area contributed by atoms with E-state index in [-0.39, 0.29) is 17.0 Å². The predicted molar refractivity (Wildman–Crippen MR) is 79.8 cm³/mol. The molecule has 1 aliphatic rings. The van der Waals surface area contributed by atoms with Crippen LogP contribution in [0.1, 0.15) is 16.8 Å². The Morgan fingerprint density at radius 3 is 2.09 bits per heavy atom. The van der Waals surface area contributed by atoms with Crippen LogP contribution in [-0.2, 0) is 9.59 Å². The van der Waals surface area contributed by atoms with Gasteiger partial charge in [-0.25, -0.2) is 4.79 Å². The van der Waals surface area contributed by atoms with Gasteiger partial charge in [0.15, 0.2) is 5.78 Å². The Morgan fingerprint density at radius 2 is 1.59 bits per heavy atom. The van der Waals surface area contributed by atoms with Crippen LogP contribution < -0.4 is 0 Å². The third-order valence-corrected chi connectivity index (χ3v) is 4.20. The van der Waals surface area contributed by atoms with Crippen molar-refractivity contribution >= 4 is 46.8 Å². The second kappa shape index (κ2) is 6.06. The fraction of sp³-hybridized carbons (Fsp3) is 0.286. The largest absolute Gasteiger partial charge is 0.332 e. The maximum atomic E-state index is 12.2. The minimum Gasteiger partial charge on any atom is -0.294 e. The van der Waals surface area contributed by atoms with E-state index in [0.717, 1.165) is 9.80 Å². The van der Waals surface area contributed by atoms with Crippen molar-refractivity contribution in [3.63, 3.8) is 0 Å². The number of hydrogen-bond acceptors (Lipinski definition) is 4. The van der Waals surface area contributed by atoms with Crippen LogP contribution in [0.5, 0.6) is 0 Å². The SMILES string of the molecule is CN1C(=O)C(CC(=O)c2ccc(Cl)c(Cl)c2)C(=O)N(C)C1=O. The number of hydrogen-bond donors (Lipinski definition) is 0. The van der Waals surface area contributed by atoms with Crippen molar-refractivity contribution in [2.75, 3.05) is 14.1 Å². The van der Waals surface area contributed by atoms with E-state index in [1.807, 2.05) is 0 Å². The molecule has 0 atom stereocenters. The van der Waals surface area contributed by atoms with Crippen molar-refractivity contribution < 1.29 is 19.2 Å². The number of urea groups is 1. The van der Waals surface area contributed by atoms with Gasteiger partial charge in [0.25, 0.3) is 0 Å². The second-order valence-electron chi connectivity index (χ2n) is 4.89. The summed E-state index contributed by atoms with van der Waals surface area (Å²) < 4.78 is 0. The summed E-state index contributed by atoms with van der Waals surface area (Å²) in [5.41, 5.74) is 0.247. The highest BCUT2D eigenvalue weighted by Gasteiger charge is 2.43.